The number of methoxy groups -OCH3 is 1. The summed E-state index contributed by atoms with van der Waals surface area (Å²) >= 11 is 0. The first-order valence-electron chi connectivity index (χ1n) is 7.38. The molecule has 0 amide bonds. The maximum Gasteiger partial charge on any atom is 0.338 e. The number of aryl methyl sites for hydroxylation is 1. The zero-order valence-electron chi connectivity index (χ0n) is 13.4. The fourth-order valence-corrected chi connectivity index (χ4v) is 2.44. The number of pyridine rings is 1. The monoisotopic (exact) mass is 324 g/mol. The molecule has 3 aromatic rings. The molecular weight excluding hydrogens is 308 g/mol. The molecule has 0 aliphatic heterocycles. The van der Waals surface area contributed by atoms with Gasteiger partial charge in [-0.3, -0.25) is 9.20 Å². The summed E-state index contributed by atoms with van der Waals surface area (Å²) < 4.78 is 12.0. The molecule has 122 valence electrons. The van der Waals surface area contributed by atoms with Gasteiger partial charge in [0.05, 0.1) is 12.7 Å². The Bertz CT molecular complexity index is 963. The van der Waals surface area contributed by atoms with E-state index in [-0.39, 0.29) is 12.2 Å². The smallest absolute Gasteiger partial charge is 0.338 e. The van der Waals surface area contributed by atoms with Crippen molar-refractivity contribution in [3.8, 4) is 5.75 Å². The van der Waals surface area contributed by atoms with E-state index in [1.807, 2.05) is 6.07 Å². The van der Waals surface area contributed by atoms with Crippen LogP contribution in [0.25, 0.3) is 5.65 Å². The number of hydrogen-bond acceptors (Lipinski definition) is 5. The van der Waals surface area contributed by atoms with E-state index in [2.05, 4.69) is 4.98 Å². The Labute approximate surface area is 138 Å². The molecule has 0 fully saturated rings. The van der Waals surface area contributed by atoms with E-state index >= 15 is 0 Å². The van der Waals surface area contributed by atoms with Gasteiger partial charge in [0, 0.05) is 23.5 Å². The van der Waals surface area contributed by atoms with E-state index in [0.717, 1.165) is 0 Å². The van der Waals surface area contributed by atoms with Crippen molar-refractivity contribution >= 4 is 11.6 Å². The highest BCUT2D eigenvalue weighted by atomic mass is 16.5. The second kappa shape index (κ2) is 6.54. The molecular formula is C18H16N2O4. The van der Waals surface area contributed by atoms with E-state index in [1.54, 1.807) is 43.5 Å². The van der Waals surface area contributed by atoms with Crippen molar-refractivity contribution in [1.29, 1.82) is 0 Å². The summed E-state index contributed by atoms with van der Waals surface area (Å²) in [4.78, 5) is 28.2. The van der Waals surface area contributed by atoms with Crippen molar-refractivity contribution in [1.82, 2.24) is 9.38 Å². The molecule has 0 aliphatic rings. The number of nitrogens with zero attached hydrogens (tertiary/aromatic N) is 2. The molecule has 0 saturated carbocycles. The van der Waals surface area contributed by atoms with E-state index in [4.69, 9.17) is 9.47 Å². The van der Waals surface area contributed by atoms with E-state index in [0.29, 0.717) is 28.2 Å². The fraction of sp³-hybridized carbons (Fsp3) is 0.167. The summed E-state index contributed by atoms with van der Waals surface area (Å²) in [5, 5.41) is 0. The quantitative estimate of drug-likeness (QED) is 0.689. The van der Waals surface area contributed by atoms with Crippen molar-refractivity contribution in [2.24, 2.45) is 0 Å². The molecule has 2 heterocycles. The number of benzene rings is 1. The zero-order valence-corrected chi connectivity index (χ0v) is 13.4. The van der Waals surface area contributed by atoms with Crippen molar-refractivity contribution in [2.45, 2.75) is 13.5 Å². The van der Waals surface area contributed by atoms with Gasteiger partial charge in [-0.2, -0.15) is 0 Å². The molecule has 1 aromatic carbocycles. The Kier molecular flexibility index (Phi) is 4.29. The highest BCUT2D eigenvalue weighted by Gasteiger charge is 2.12. The first-order valence-corrected chi connectivity index (χ1v) is 7.38. The highest BCUT2D eigenvalue weighted by Crippen LogP contribution is 2.19. The minimum Gasteiger partial charge on any atom is -0.485 e. The molecule has 0 aliphatic carbocycles. The van der Waals surface area contributed by atoms with Gasteiger partial charge >= 0.3 is 5.97 Å². The van der Waals surface area contributed by atoms with Gasteiger partial charge in [0.15, 0.2) is 11.4 Å². The molecule has 2 aromatic heterocycles. The van der Waals surface area contributed by atoms with Gasteiger partial charge in [-0.1, -0.05) is 18.2 Å². The topological polar surface area (TPSA) is 69.9 Å². The normalized spacial score (nSPS) is 10.6. The van der Waals surface area contributed by atoms with Crippen LogP contribution in [0, 0.1) is 6.92 Å². The average molecular weight is 324 g/mol. The number of esters is 1. The van der Waals surface area contributed by atoms with E-state index < -0.39 is 5.97 Å². The molecule has 0 radical (unpaired) electrons. The van der Waals surface area contributed by atoms with Crippen molar-refractivity contribution in [3.63, 3.8) is 0 Å². The van der Waals surface area contributed by atoms with Crippen LogP contribution in [0.15, 0.2) is 53.5 Å². The van der Waals surface area contributed by atoms with Crippen LogP contribution in [0.1, 0.15) is 21.6 Å². The van der Waals surface area contributed by atoms with Crippen molar-refractivity contribution in [3.05, 3.63) is 75.8 Å². The van der Waals surface area contributed by atoms with Gasteiger partial charge in [0.25, 0.3) is 5.56 Å². The lowest BCUT2D eigenvalue weighted by atomic mass is 10.1. The van der Waals surface area contributed by atoms with Gasteiger partial charge in [-0.05, 0) is 25.1 Å². The van der Waals surface area contributed by atoms with Crippen molar-refractivity contribution in [2.75, 3.05) is 7.11 Å². The minimum atomic E-state index is -0.419. The summed E-state index contributed by atoms with van der Waals surface area (Å²) in [5.74, 6) is 0.0512. The van der Waals surface area contributed by atoms with Gasteiger partial charge < -0.3 is 9.47 Å². The largest absolute Gasteiger partial charge is 0.485 e. The summed E-state index contributed by atoms with van der Waals surface area (Å²) in [6.45, 7) is 1.92. The predicted molar refractivity (Wildman–Crippen MR) is 88.3 cm³/mol. The number of aromatic nitrogens is 2. The number of ether oxygens (including phenoxy) is 2. The zero-order chi connectivity index (χ0) is 17.1. The Morgan fingerprint density at radius 2 is 2.00 bits per heavy atom. The second-order valence-corrected chi connectivity index (χ2v) is 5.24. The van der Waals surface area contributed by atoms with Gasteiger partial charge in [0.2, 0.25) is 0 Å². The minimum absolute atomic E-state index is 0.161. The summed E-state index contributed by atoms with van der Waals surface area (Å²) in [5.41, 5.74) is 2.03. The molecule has 0 saturated heterocycles. The van der Waals surface area contributed by atoms with E-state index in [9.17, 15) is 9.59 Å². The molecule has 0 N–H and O–H groups in total. The highest BCUT2D eigenvalue weighted by molar-refractivity contribution is 5.90. The van der Waals surface area contributed by atoms with Crippen LogP contribution in [0.4, 0.5) is 0 Å². The average Bonchev–Trinajstić information content (AvgIpc) is 2.59. The van der Waals surface area contributed by atoms with Gasteiger partial charge in [-0.25, -0.2) is 9.78 Å². The molecule has 0 spiro atoms. The maximum absolute atomic E-state index is 12.0. The number of carbonyl (C=O) groups is 1. The summed E-state index contributed by atoms with van der Waals surface area (Å²) in [6, 6.07) is 12.0. The number of fused-ring (bicyclic) bond motifs is 1. The predicted octanol–water partition coefficient (Wildman–Crippen LogP) is 2.37. The van der Waals surface area contributed by atoms with Crippen LogP contribution < -0.4 is 10.3 Å². The van der Waals surface area contributed by atoms with Crippen LogP contribution in [-0.2, 0) is 11.3 Å². The lowest BCUT2D eigenvalue weighted by molar-refractivity contribution is 0.0598. The summed E-state index contributed by atoms with van der Waals surface area (Å²) in [7, 11) is 1.34. The Morgan fingerprint density at radius 1 is 1.21 bits per heavy atom. The van der Waals surface area contributed by atoms with Crippen LogP contribution in [-0.4, -0.2) is 22.5 Å². The molecule has 6 nitrogen and oxygen atoms in total. The third-order valence-electron chi connectivity index (χ3n) is 3.59. The van der Waals surface area contributed by atoms with Crippen LogP contribution in [0.3, 0.4) is 0 Å². The lowest BCUT2D eigenvalue weighted by Gasteiger charge is -2.11. The second-order valence-electron chi connectivity index (χ2n) is 5.24. The third kappa shape index (κ3) is 2.99. The number of rotatable bonds is 4. The third-order valence-corrected chi connectivity index (χ3v) is 3.59. The Balaban J connectivity index is 1.95. The molecule has 0 bridgehead atoms. The molecule has 0 atom stereocenters. The van der Waals surface area contributed by atoms with Gasteiger partial charge in [-0.15, -0.1) is 0 Å². The Morgan fingerprint density at radius 3 is 2.79 bits per heavy atom. The van der Waals surface area contributed by atoms with Crippen LogP contribution >= 0.6 is 0 Å². The van der Waals surface area contributed by atoms with E-state index in [1.165, 1.54) is 17.6 Å². The first-order chi connectivity index (χ1) is 11.6. The number of hydrogen-bond donors (Lipinski definition) is 0. The number of carbonyl (C=O) groups excluding carboxylic acids is 1. The first kappa shape index (κ1) is 15.7. The molecule has 3 rings (SSSR count). The standard InChI is InChI=1S/C18H16N2O4/c1-12-10-16(21)20-9-5-8-15(17(20)19-12)24-11-13-6-3-4-7-14(13)18(22)23-2/h3-10H,11H2,1-2H3. The lowest BCUT2D eigenvalue weighted by Crippen LogP contribution is -2.15. The Hall–Kier alpha value is -3.15. The van der Waals surface area contributed by atoms with Crippen LogP contribution in [0.5, 0.6) is 5.75 Å². The van der Waals surface area contributed by atoms with Crippen LogP contribution in [0.2, 0.25) is 0 Å². The fourth-order valence-electron chi connectivity index (χ4n) is 2.44. The SMILES string of the molecule is COC(=O)c1ccccc1COc1cccn2c(=O)cc(C)nc12. The van der Waals surface area contributed by atoms with Gasteiger partial charge in [0.1, 0.15) is 6.61 Å². The van der Waals surface area contributed by atoms with Crippen molar-refractivity contribution < 1.29 is 14.3 Å². The summed E-state index contributed by atoms with van der Waals surface area (Å²) in [6.07, 6.45) is 1.64. The maximum atomic E-state index is 12.0. The molecule has 24 heavy (non-hydrogen) atoms. The molecule has 6 heteroatoms. The molecule has 0 unspecified atom stereocenters.